The average Bonchev–Trinajstić information content (AvgIpc) is 2.48. The fourth-order valence-electron chi connectivity index (χ4n) is 3.48. The number of Topliss-reactive ketones (excluding diaryl/α,β-unsaturated/α-hetero) is 1. The fourth-order valence-corrected chi connectivity index (χ4v) is 3.48. The van der Waals surface area contributed by atoms with E-state index in [4.69, 9.17) is 4.74 Å². The van der Waals surface area contributed by atoms with Crippen molar-refractivity contribution in [1.29, 1.82) is 0 Å². The minimum absolute atomic E-state index is 0.264. The van der Waals surface area contributed by atoms with Gasteiger partial charge in [-0.05, 0) is 49.7 Å². The van der Waals surface area contributed by atoms with Crippen molar-refractivity contribution in [3.63, 3.8) is 0 Å². The molecule has 0 saturated heterocycles. The zero-order chi connectivity index (χ0) is 15.3. The number of ketones is 1. The van der Waals surface area contributed by atoms with Crippen LogP contribution in [0.15, 0.2) is 24.3 Å². The van der Waals surface area contributed by atoms with E-state index in [-0.39, 0.29) is 5.78 Å². The van der Waals surface area contributed by atoms with Gasteiger partial charge in [0.2, 0.25) is 0 Å². The predicted molar refractivity (Wildman–Crippen MR) is 86.5 cm³/mol. The van der Waals surface area contributed by atoms with E-state index >= 15 is 0 Å². The lowest BCUT2D eigenvalue weighted by atomic mass is 9.75. The van der Waals surface area contributed by atoms with Crippen LogP contribution in [-0.2, 0) is 22.4 Å². The summed E-state index contributed by atoms with van der Waals surface area (Å²) < 4.78 is 5.97. The van der Waals surface area contributed by atoms with Gasteiger partial charge in [0, 0.05) is 13.0 Å². The predicted octanol–water partition coefficient (Wildman–Crippen LogP) is 4.35. The first kappa shape index (κ1) is 16.2. The molecule has 1 fully saturated rings. The second-order valence-electron chi connectivity index (χ2n) is 6.40. The van der Waals surface area contributed by atoms with Crippen LogP contribution >= 0.6 is 0 Å². The topological polar surface area (TPSA) is 26.3 Å². The summed E-state index contributed by atoms with van der Waals surface area (Å²) in [6.07, 6.45) is 5.62. The largest absolute Gasteiger partial charge is 0.367 e. The highest BCUT2D eigenvalue weighted by Gasteiger charge is 2.41. The van der Waals surface area contributed by atoms with Crippen LogP contribution in [0, 0.1) is 5.92 Å². The molecule has 0 amide bonds. The van der Waals surface area contributed by atoms with Crippen LogP contribution in [-0.4, -0.2) is 18.0 Å². The number of aryl methyl sites for hydroxylation is 1. The van der Waals surface area contributed by atoms with E-state index in [1.807, 2.05) is 6.92 Å². The molecule has 0 aromatic heterocycles. The summed E-state index contributed by atoms with van der Waals surface area (Å²) in [6.45, 7) is 6.99. The standard InChI is InChI=1S/C19H28O2/c1-4-16-8-10-17(11-9-16)13-18(20)19(21-5-2)12-6-7-15(3)14-19/h8-11,15H,4-7,12-14H2,1-3H3. The quantitative estimate of drug-likeness (QED) is 0.778. The fraction of sp³-hybridized carbons (Fsp3) is 0.632. The maximum Gasteiger partial charge on any atom is 0.168 e. The van der Waals surface area contributed by atoms with Crippen LogP contribution in [0.1, 0.15) is 57.6 Å². The van der Waals surface area contributed by atoms with E-state index in [0.717, 1.165) is 31.2 Å². The Morgan fingerprint density at radius 3 is 2.48 bits per heavy atom. The molecular weight excluding hydrogens is 260 g/mol. The molecule has 2 unspecified atom stereocenters. The average molecular weight is 288 g/mol. The molecule has 2 atom stereocenters. The van der Waals surface area contributed by atoms with E-state index in [1.54, 1.807) is 0 Å². The minimum Gasteiger partial charge on any atom is -0.367 e. The maximum absolute atomic E-state index is 12.9. The number of hydrogen-bond acceptors (Lipinski definition) is 2. The first-order chi connectivity index (χ1) is 10.1. The van der Waals surface area contributed by atoms with Gasteiger partial charge in [-0.15, -0.1) is 0 Å². The van der Waals surface area contributed by atoms with Crippen LogP contribution in [0.5, 0.6) is 0 Å². The number of hydrogen-bond donors (Lipinski definition) is 0. The van der Waals surface area contributed by atoms with E-state index in [2.05, 4.69) is 38.1 Å². The Balaban J connectivity index is 2.10. The number of ether oxygens (including phenoxy) is 1. The van der Waals surface area contributed by atoms with Crippen molar-refractivity contribution in [1.82, 2.24) is 0 Å². The molecular formula is C19H28O2. The van der Waals surface area contributed by atoms with Crippen molar-refractivity contribution in [3.8, 4) is 0 Å². The van der Waals surface area contributed by atoms with Crippen LogP contribution in [0.2, 0.25) is 0 Å². The Morgan fingerprint density at radius 2 is 1.90 bits per heavy atom. The van der Waals surface area contributed by atoms with Crippen LogP contribution in [0.25, 0.3) is 0 Å². The van der Waals surface area contributed by atoms with Gasteiger partial charge in [-0.3, -0.25) is 4.79 Å². The molecule has 1 aromatic carbocycles. The van der Waals surface area contributed by atoms with Gasteiger partial charge in [0.15, 0.2) is 5.78 Å². The third-order valence-corrected chi connectivity index (χ3v) is 4.68. The maximum atomic E-state index is 12.9. The molecule has 0 spiro atoms. The molecule has 1 aliphatic rings. The Morgan fingerprint density at radius 1 is 1.24 bits per heavy atom. The number of rotatable bonds is 6. The van der Waals surface area contributed by atoms with Gasteiger partial charge in [-0.2, -0.15) is 0 Å². The summed E-state index contributed by atoms with van der Waals surface area (Å²) in [6, 6.07) is 8.42. The van der Waals surface area contributed by atoms with E-state index in [9.17, 15) is 4.79 Å². The third-order valence-electron chi connectivity index (χ3n) is 4.68. The normalized spacial score (nSPS) is 25.8. The number of carbonyl (C=O) groups excluding carboxylic acids is 1. The summed E-state index contributed by atoms with van der Waals surface area (Å²) in [5, 5.41) is 0. The first-order valence-corrected chi connectivity index (χ1v) is 8.34. The van der Waals surface area contributed by atoms with Gasteiger partial charge in [-0.25, -0.2) is 0 Å². The van der Waals surface area contributed by atoms with Crippen LogP contribution < -0.4 is 0 Å². The lowest BCUT2D eigenvalue weighted by Crippen LogP contribution is -2.46. The summed E-state index contributed by atoms with van der Waals surface area (Å²) >= 11 is 0. The Hall–Kier alpha value is -1.15. The van der Waals surface area contributed by atoms with Crippen molar-refractivity contribution in [3.05, 3.63) is 35.4 Å². The van der Waals surface area contributed by atoms with Crippen molar-refractivity contribution < 1.29 is 9.53 Å². The third kappa shape index (κ3) is 3.94. The summed E-state index contributed by atoms with van der Waals surface area (Å²) in [4.78, 5) is 12.9. The van der Waals surface area contributed by atoms with E-state index < -0.39 is 5.60 Å². The second-order valence-corrected chi connectivity index (χ2v) is 6.40. The SMILES string of the molecule is CCOC1(C(=O)Cc2ccc(CC)cc2)CCCC(C)C1. The van der Waals surface area contributed by atoms with Gasteiger partial charge < -0.3 is 4.74 Å². The Bertz CT molecular complexity index is 459. The van der Waals surface area contributed by atoms with Crippen molar-refractivity contribution in [2.75, 3.05) is 6.61 Å². The van der Waals surface area contributed by atoms with E-state index in [0.29, 0.717) is 18.9 Å². The molecule has 2 heteroatoms. The molecule has 0 aliphatic heterocycles. The molecule has 21 heavy (non-hydrogen) atoms. The van der Waals surface area contributed by atoms with Gasteiger partial charge in [0.1, 0.15) is 5.60 Å². The van der Waals surface area contributed by atoms with Gasteiger partial charge in [0.25, 0.3) is 0 Å². The molecule has 0 N–H and O–H groups in total. The smallest absolute Gasteiger partial charge is 0.168 e. The van der Waals surface area contributed by atoms with Gasteiger partial charge >= 0.3 is 0 Å². The van der Waals surface area contributed by atoms with Crippen molar-refractivity contribution in [2.24, 2.45) is 5.92 Å². The molecule has 0 radical (unpaired) electrons. The molecule has 2 rings (SSSR count). The molecule has 1 aromatic rings. The number of carbonyl (C=O) groups is 1. The molecule has 0 bridgehead atoms. The summed E-state index contributed by atoms with van der Waals surface area (Å²) in [5.74, 6) is 0.844. The van der Waals surface area contributed by atoms with E-state index in [1.165, 1.54) is 12.0 Å². The highest BCUT2D eigenvalue weighted by molar-refractivity contribution is 5.89. The molecule has 2 nitrogen and oxygen atoms in total. The molecule has 1 aliphatic carbocycles. The molecule has 0 heterocycles. The summed E-state index contributed by atoms with van der Waals surface area (Å²) in [7, 11) is 0. The van der Waals surface area contributed by atoms with Gasteiger partial charge in [0.05, 0.1) is 0 Å². The Kier molecular flexibility index (Phi) is 5.58. The minimum atomic E-state index is -0.532. The number of benzene rings is 1. The van der Waals surface area contributed by atoms with Crippen LogP contribution in [0.3, 0.4) is 0 Å². The highest BCUT2D eigenvalue weighted by atomic mass is 16.5. The van der Waals surface area contributed by atoms with Crippen LogP contribution in [0.4, 0.5) is 0 Å². The lowest BCUT2D eigenvalue weighted by molar-refractivity contribution is -0.150. The lowest BCUT2D eigenvalue weighted by Gasteiger charge is -2.38. The Labute approximate surface area is 128 Å². The first-order valence-electron chi connectivity index (χ1n) is 8.34. The molecule has 116 valence electrons. The van der Waals surface area contributed by atoms with Crippen molar-refractivity contribution in [2.45, 2.75) is 64.9 Å². The van der Waals surface area contributed by atoms with Gasteiger partial charge in [-0.1, -0.05) is 44.5 Å². The highest BCUT2D eigenvalue weighted by Crippen LogP contribution is 2.36. The summed E-state index contributed by atoms with van der Waals surface area (Å²) in [5.41, 5.74) is 1.89. The zero-order valence-corrected chi connectivity index (χ0v) is 13.7. The zero-order valence-electron chi connectivity index (χ0n) is 13.7. The monoisotopic (exact) mass is 288 g/mol. The second kappa shape index (κ2) is 7.22. The van der Waals surface area contributed by atoms with Crippen molar-refractivity contribution >= 4 is 5.78 Å². The molecule has 1 saturated carbocycles.